The number of ether oxygens (including phenoxy) is 1. The molecule has 0 saturated heterocycles. The lowest BCUT2D eigenvalue weighted by Gasteiger charge is -2.00. The Bertz CT molecular complexity index is 363. The molecule has 15 heavy (non-hydrogen) atoms. The van der Waals surface area contributed by atoms with Crippen LogP contribution in [0, 0.1) is 10.1 Å². The molecule has 6 nitrogen and oxygen atoms in total. The molecule has 0 aliphatic heterocycles. The van der Waals surface area contributed by atoms with Gasteiger partial charge < -0.3 is 10.1 Å². The van der Waals surface area contributed by atoms with Crippen LogP contribution < -0.4 is 5.32 Å². The molecule has 0 radical (unpaired) electrons. The van der Waals surface area contributed by atoms with Gasteiger partial charge in [0.25, 0.3) is 0 Å². The molecule has 0 unspecified atom stereocenters. The normalized spacial score (nSPS) is 9.93. The molecule has 0 aromatic carbocycles. The summed E-state index contributed by atoms with van der Waals surface area (Å²) in [6.07, 6.45) is 0. The number of rotatable bonds is 5. The van der Waals surface area contributed by atoms with E-state index < -0.39 is 4.92 Å². The summed E-state index contributed by atoms with van der Waals surface area (Å²) in [4.78, 5) is 20.7. The second kappa shape index (κ2) is 5.42. The minimum atomic E-state index is -0.436. The quantitative estimate of drug-likeness (QED) is 0.462. The Kier molecular flexibility index (Phi) is 4.19. The van der Waals surface area contributed by atoms with E-state index in [2.05, 4.69) is 10.1 Å². The maximum absolute atomic E-state index is 10.7. The summed E-state index contributed by atoms with van der Waals surface area (Å²) >= 11 is 1.07. The van der Waals surface area contributed by atoms with E-state index in [-0.39, 0.29) is 17.5 Å². The van der Waals surface area contributed by atoms with Gasteiger partial charge in [0, 0.05) is 18.0 Å². The Labute approximate surface area is 90.0 Å². The van der Waals surface area contributed by atoms with Crippen molar-refractivity contribution in [3.63, 3.8) is 0 Å². The maximum Gasteiger partial charge on any atom is 0.324 e. The average Bonchev–Trinajstić information content (AvgIpc) is 2.66. The Hall–Kier alpha value is -1.47. The van der Waals surface area contributed by atoms with Gasteiger partial charge in [-0.3, -0.25) is 14.9 Å². The highest BCUT2D eigenvalue weighted by Crippen LogP contribution is 2.22. The number of carbonyl (C=O) groups excluding carboxylic acids is 1. The summed E-state index contributed by atoms with van der Waals surface area (Å²) in [5, 5.41) is 15.0. The number of methoxy groups -OCH3 is 1. The molecule has 7 heteroatoms. The fourth-order valence-corrected chi connectivity index (χ4v) is 1.66. The van der Waals surface area contributed by atoms with Crippen molar-refractivity contribution in [2.24, 2.45) is 0 Å². The lowest BCUT2D eigenvalue weighted by molar-refractivity contribution is -0.380. The Morgan fingerprint density at radius 1 is 1.73 bits per heavy atom. The van der Waals surface area contributed by atoms with Crippen molar-refractivity contribution in [2.75, 3.05) is 13.7 Å². The zero-order valence-electron chi connectivity index (χ0n) is 8.06. The van der Waals surface area contributed by atoms with Crippen molar-refractivity contribution in [1.82, 2.24) is 5.32 Å². The molecule has 1 aromatic rings. The third-order valence-corrected chi connectivity index (χ3v) is 2.58. The van der Waals surface area contributed by atoms with Gasteiger partial charge in [0.1, 0.15) is 0 Å². The molecule has 0 aliphatic carbocycles. The van der Waals surface area contributed by atoms with Crippen molar-refractivity contribution in [2.45, 2.75) is 6.54 Å². The van der Waals surface area contributed by atoms with Crippen molar-refractivity contribution >= 4 is 22.3 Å². The minimum absolute atomic E-state index is 0.0974. The van der Waals surface area contributed by atoms with Gasteiger partial charge in [0.2, 0.25) is 0 Å². The van der Waals surface area contributed by atoms with Crippen LogP contribution in [0.4, 0.5) is 5.00 Å². The van der Waals surface area contributed by atoms with Gasteiger partial charge in [-0.1, -0.05) is 11.3 Å². The molecule has 1 aromatic heterocycles. The molecule has 0 fully saturated rings. The first-order valence-electron chi connectivity index (χ1n) is 4.13. The number of nitrogens with one attached hydrogen (secondary N) is 1. The fraction of sp³-hybridized carbons (Fsp3) is 0.375. The third kappa shape index (κ3) is 3.64. The molecule has 0 aliphatic rings. The summed E-state index contributed by atoms with van der Waals surface area (Å²) in [6, 6.07) is 1.48. The van der Waals surface area contributed by atoms with Gasteiger partial charge in [-0.25, -0.2) is 0 Å². The topological polar surface area (TPSA) is 81.5 Å². The van der Waals surface area contributed by atoms with Crippen molar-refractivity contribution in [1.29, 1.82) is 0 Å². The standard InChI is InChI=1S/C8H10N2O4S/c1-14-8(11)4-9-3-6-2-7(10(12)13)15-5-6/h2,5,9H,3-4H2,1H3. The van der Waals surface area contributed by atoms with Crippen LogP contribution in [-0.2, 0) is 16.1 Å². The smallest absolute Gasteiger partial charge is 0.324 e. The zero-order valence-corrected chi connectivity index (χ0v) is 8.87. The molecule has 0 saturated carbocycles. The predicted molar refractivity (Wildman–Crippen MR) is 54.7 cm³/mol. The molecule has 0 atom stereocenters. The highest BCUT2D eigenvalue weighted by Gasteiger charge is 2.09. The van der Waals surface area contributed by atoms with E-state index >= 15 is 0 Å². The summed E-state index contributed by atoms with van der Waals surface area (Å²) in [7, 11) is 1.31. The Balaban J connectivity index is 2.38. The van der Waals surface area contributed by atoms with Crippen LogP contribution >= 0.6 is 11.3 Å². The largest absolute Gasteiger partial charge is 0.468 e. The van der Waals surface area contributed by atoms with E-state index in [0.717, 1.165) is 16.9 Å². The zero-order chi connectivity index (χ0) is 11.3. The van der Waals surface area contributed by atoms with Crippen LogP contribution in [0.1, 0.15) is 5.56 Å². The highest BCUT2D eigenvalue weighted by atomic mass is 32.1. The van der Waals surface area contributed by atoms with Crippen LogP contribution in [0.5, 0.6) is 0 Å². The number of nitro groups is 1. The van der Waals surface area contributed by atoms with Crippen LogP contribution in [0.2, 0.25) is 0 Å². The van der Waals surface area contributed by atoms with Gasteiger partial charge in [0.15, 0.2) is 0 Å². The number of esters is 1. The molecule has 82 valence electrons. The van der Waals surface area contributed by atoms with Crippen LogP contribution in [0.25, 0.3) is 0 Å². The van der Waals surface area contributed by atoms with Gasteiger partial charge in [-0.2, -0.15) is 0 Å². The van der Waals surface area contributed by atoms with Crippen molar-refractivity contribution < 1.29 is 14.5 Å². The Morgan fingerprint density at radius 2 is 2.47 bits per heavy atom. The van der Waals surface area contributed by atoms with Gasteiger partial charge in [0.05, 0.1) is 18.6 Å². The van der Waals surface area contributed by atoms with Crippen molar-refractivity contribution in [3.05, 3.63) is 27.1 Å². The molecule has 0 bridgehead atoms. The number of carbonyl (C=O) groups is 1. The third-order valence-electron chi connectivity index (χ3n) is 1.65. The van der Waals surface area contributed by atoms with E-state index in [9.17, 15) is 14.9 Å². The average molecular weight is 230 g/mol. The summed E-state index contributed by atoms with van der Waals surface area (Å²) < 4.78 is 4.42. The van der Waals surface area contributed by atoms with E-state index in [1.165, 1.54) is 13.2 Å². The summed E-state index contributed by atoms with van der Waals surface area (Å²) in [5.74, 6) is -0.361. The molecular formula is C8H10N2O4S. The molecular weight excluding hydrogens is 220 g/mol. The van der Waals surface area contributed by atoms with E-state index in [0.29, 0.717) is 6.54 Å². The van der Waals surface area contributed by atoms with E-state index in [1.54, 1.807) is 5.38 Å². The maximum atomic E-state index is 10.7. The monoisotopic (exact) mass is 230 g/mol. The fourth-order valence-electron chi connectivity index (χ4n) is 0.932. The summed E-state index contributed by atoms with van der Waals surface area (Å²) in [6.45, 7) is 0.513. The highest BCUT2D eigenvalue weighted by molar-refractivity contribution is 7.13. The number of hydrogen-bond acceptors (Lipinski definition) is 6. The first-order chi connectivity index (χ1) is 7.13. The van der Waals surface area contributed by atoms with Gasteiger partial charge in [-0.05, 0) is 5.56 Å². The lowest BCUT2D eigenvalue weighted by atomic mass is 10.3. The van der Waals surface area contributed by atoms with Crippen molar-refractivity contribution in [3.8, 4) is 0 Å². The van der Waals surface area contributed by atoms with Gasteiger partial charge in [-0.15, -0.1) is 0 Å². The first-order valence-corrected chi connectivity index (χ1v) is 5.00. The number of nitrogens with zero attached hydrogens (tertiary/aromatic N) is 1. The Morgan fingerprint density at radius 3 is 3.00 bits per heavy atom. The lowest BCUT2D eigenvalue weighted by Crippen LogP contribution is -2.23. The van der Waals surface area contributed by atoms with E-state index in [4.69, 9.17) is 0 Å². The minimum Gasteiger partial charge on any atom is -0.468 e. The SMILES string of the molecule is COC(=O)CNCc1csc([N+](=O)[O-])c1. The predicted octanol–water partition coefficient (Wildman–Crippen LogP) is 0.919. The molecule has 1 heterocycles. The van der Waals surface area contributed by atoms with Crippen LogP contribution in [-0.4, -0.2) is 24.5 Å². The van der Waals surface area contributed by atoms with E-state index in [1.807, 2.05) is 0 Å². The van der Waals surface area contributed by atoms with Gasteiger partial charge >= 0.3 is 11.0 Å². The first kappa shape index (κ1) is 11.6. The molecule has 0 spiro atoms. The molecule has 0 amide bonds. The number of thiophene rings is 1. The number of hydrogen-bond donors (Lipinski definition) is 1. The molecule has 1 N–H and O–H groups in total. The summed E-state index contributed by atoms with van der Waals surface area (Å²) in [5.41, 5.74) is 0.788. The van der Waals surface area contributed by atoms with Crippen LogP contribution in [0.15, 0.2) is 11.4 Å². The second-order valence-electron chi connectivity index (χ2n) is 2.73. The second-order valence-corrected chi connectivity index (χ2v) is 3.62. The molecule has 1 rings (SSSR count). The van der Waals surface area contributed by atoms with Crippen LogP contribution in [0.3, 0.4) is 0 Å².